The Hall–Kier alpha value is -3.47. The highest BCUT2D eigenvalue weighted by molar-refractivity contribution is 6.03. The van der Waals surface area contributed by atoms with Gasteiger partial charge in [-0.25, -0.2) is 9.37 Å². The fourth-order valence-corrected chi connectivity index (χ4v) is 3.28. The highest BCUT2D eigenvalue weighted by atomic mass is 19.1. The van der Waals surface area contributed by atoms with Gasteiger partial charge in [0.25, 0.3) is 5.91 Å². The lowest BCUT2D eigenvalue weighted by Crippen LogP contribution is -2.48. The summed E-state index contributed by atoms with van der Waals surface area (Å²) in [6.45, 7) is 3.75. The first-order valence-corrected chi connectivity index (χ1v) is 8.51. The molecular formula is C19H16FN5O2. The van der Waals surface area contributed by atoms with Crippen molar-refractivity contribution < 1.29 is 13.6 Å². The second kappa shape index (κ2) is 6.68. The molecule has 1 amide bonds. The first kappa shape index (κ1) is 17.0. The van der Waals surface area contributed by atoms with E-state index >= 15 is 0 Å². The van der Waals surface area contributed by atoms with Crippen LogP contribution in [-0.2, 0) is 0 Å². The molecule has 0 spiro atoms. The summed E-state index contributed by atoms with van der Waals surface area (Å²) in [5.74, 6) is -0.127. The number of aryl methyl sites for hydroxylation is 1. The van der Waals surface area contributed by atoms with Crippen LogP contribution in [0.1, 0.15) is 21.8 Å². The number of hydrogen-bond donors (Lipinski definition) is 0. The van der Waals surface area contributed by atoms with E-state index in [0.717, 1.165) is 0 Å². The maximum absolute atomic E-state index is 13.7. The van der Waals surface area contributed by atoms with E-state index in [1.165, 1.54) is 18.3 Å². The van der Waals surface area contributed by atoms with Crippen molar-refractivity contribution >= 4 is 22.7 Å². The lowest BCUT2D eigenvalue weighted by molar-refractivity contribution is 0.0747. The smallest absolute Gasteiger partial charge is 0.259 e. The van der Waals surface area contributed by atoms with Gasteiger partial charge in [-0.1, -0.05) is 0 Å². The van der Waals surface area contributed by atoms with Crippen LogP contribution in [0.15, 0.2) is 35.0 Å². The van der Waals surface area contributed by atoms with Crippen LogP contribution in [0.5, 0.6) is 0 Å². The third-order valence-corrected chi connectivity index (χ3v) is 4.58. The van der Waals surface area contributed by atoms with Crippen molar-refractivity contribution in [2.24, 2.45) is 0 Å². The van der Waals surface area contributed by atoms with Crippen molar-refractivity contribution in [1.29, 1.82) is 5.26 Å². The Morgan fingerprint density at radius 3 is 2.74 bits per heavy atom. The number of nitriles is 1. The van der Waals surface area contributed by atoms with E-state index in [0.29, 0.717) is 54.4 Å². The number of piperazine rings is 1. The van der Waals surface area contributed by atoms with Gasteiger partial charge in [-0.05, 0) is 18.2 Å². The maximum Gasteiger partial charge on any atom is 0.259 e. The van der Waals surface area contributed by atoms with Gasteiger partial charge < -0.3 is 14.2 Å². The Bertz CT molecular complexity index is 1060. The van der Waals surface area contributed by atoms with Crippen LogP contribution in [0.4, 0.5) is 10.1 Å². The predicted molar refractivity (Wildman–Crippen MR) is 95.8 cm³/mol. The second-order valence-electron chi connectivity index (χ2n) is 6.36. The highest BCUT2D eigenvalue weighted by Crippen LogP contribution is 2.23. The summed E-state index contributed by atoms with van der Waals surface area (Å²) >= 11 is 0. The molecule has 0 atom stereocenters. The summed E-state index contributed by atoms with van der Waals surface area (Å²) in [6.07, 6.45) is 3.06. The molecule has 136 valence electrons. The van der Waals surface area contributed by atoms with Crippen LogP contribution in [-0.4, -0.2) is 47.0 Å². The normalized spacial score (nSPS) is 14.4. The fourth-order valence-electron chi connectivity index (χ4n) is 3.28. The lowest BCUT2D eigenvalue weighted by atomic mass is 10.1. The first-order chi connectivity index (χ1) is 13.0. The molecule has 0 radical (unpaired) electrons. The monoisotopic (exact) mass is 365 g/mol. The Balaban J connectivity index is 1.51. The largest absolute Gasteiger partial charge is 0.440 e. The molecule has 0 N–H and O–H groups in total. The minimum absolute atomic E-state index is 0.166. The van der Waals surface area contributed by atoms with Crippen molar-refractivity contribution in [2.45, 2.75) is 6.92 Å². The topological polar surface area (TPSA) is 86.3 Å². The molecule has 0 unspecified atom stereocenters. The van der Waals surface area contributed by atoms with Crippen LogP contribution in [0.3, 0.4) is 0 Å². The number of benzene rings is 1. The van der Waals surface area contributed by atoms with Gasteiger partial charge >= 0.3 is 0 Å². The molecule has 27 heavy (non-hydrogen) atoms. The van der Waals surface area contributed by atoms with Crippen LogP contribution in [0.25, 0.3) is 11.1 Å². The van der Waals surface area contributed by atoms with Crippen molar-refractivity contribution in [2.75, 3.05) is 31.1 Å². The Morgan fingerprint density at radius 1 is 1.22 bits per heavy atom. The second-order valence-corrected chi connectivity index (χ2v) is 6.36. The zero-order valence-corrected chi connectivity index (χ0v) is 14.6. The van der Waals surface area contributed by atoms with E-state index in [-0.39, 0.29) is 11.5 Å². The zero-order valence-electron chi connectivity index (χ0n) is 14.6. The van der Waals surface area contributed by atoms with E-state index in [9.17, 15) is 9.18 Å². The molecule has 2 aromatic heterocycles. The summed E-state index contributed by atoms with van der Waals surface area (Å²) in [7, 11) is 0. The Labute approximate surface area is 154 Å². The molecule has 1 aliphatic rings. The highest BCUT2D eigenvalue weighted by Gasteiger charge is 2.25. The van der Waals surface area contributed by atoms with E-state index in [2.05, 4.69) is 9.97 Å². The summed E-state index contributed by atoms with van der Waals surface area (Å²) < 4.78 is 19.2. The SMILES string of the molecule is Cc1nc2cncc(C(=O)N3CCN(c4cc(F)cc(C#N)c4)CC3)c2o1. The van der Waals surface area contributed by atoms with Crippen LogP contribution in [0.2, 0.25) is 0 Å². The average molecular weight is 365 g/mol. The number of hydrogen-bond acceptors (Lipinski definition) is 6. The summed E-state index contributed by atoms with van der Waals surface area (Å²) in [5, 5.41) is 9.01. The number of oxazole rings is 1. The van der Waals surface area contributed by atoms with E-state index in [1.54, 1.807) is 24.1 Å². The number of amides is 1. The fraction of sp³-hybridized carbons (Fsp3) is 0.263. The maximum atomic E-state index is 13.7. The number of anilines is 1. The molecule has 0 saturated carbocycles. The molecular weight excluding hydrogens is 349 g/mol. The van der Waals surface area contributed by atoms with E-state index in [4.69, 9.17) is 9.68 Å². The molecule has 0 aliphatic carbocycles. The molecule has 1 fully saturated rings. The zero-order chi connectivity index (χ0) is 19.0. The minimum atomic E-state index is -0.444. The number of fused-ring (bicyclic) bond motifs is 1. The summed E-state index contributed by atoms with van der Waals surface area (Å²) in [5.41, 5.74) is 2.31. The molecule has 1 saturated heterocycles. The average Bonchev–Trinajstić information content (AvgIpc) is 3.07. The molecule has 0 bridgehead atoms. The number of rotatable bonds is 2. The number of halogens is 1. The van der Waals surface area contributed by atoms with Gasteiger partial charge in [-0.15, -0.1) is 0 Å². The number of carbonyl (C=O) groups excluding carboxylic acids is 1. The Morgan fingerprint density at radius 2 is 2.00 bits per heavy atom. The first-order valence-electron chi connectivity index (χ1n) is 8.51. The summed E-state index contributed by atoms with van der Waals surface area (Å²) in [6, 6.07) is 6.22. The van der Waals surface area contributed by atoms with E-state index < -0.39 is 5.82 Å². The minimum Gasteiger partial charge on any atom is -0.440 e. The lowest BCUT2D eigenvalue weighted by Gasteiger charge is -2.36. The van der Waals surface area contributed by atoms with Gasteiger partial charge in [-0.2, -0.15) is 5.26 Å². The van der Waals surface area contributed by atoms with Crippen molar-refractivity contribution in [1.82, 2.24) is 14.9 Å². The molecule has 8 heteroatoms. The molecule has 3 aromatic rings. The number of carbonyl (C=O) groups is 1. The molecule has 1 aliphatic heterocycles. The number of nitrogens with zero attached hydrogens (tertiary/aromatic N) is 5. The number of aromatic nitrogens is 2. The van der Waals surface area contributed by atoms with Gasteiger partial charge in [0.1, 0.15) is 16.9 Å². The van der Waals surface area contributed by atoms with Gasteiger partial charge in [0.15, 0.2) is 11.5 Å². The van der Waals surface area contributed by atoms with Gasteiger partial charge in [0.2, 0.25) is 0 Å². The van der Waals surface area contributed by atoms with Gasteiger partial charge in [0.05, 0.1) is 17.8 Å². The molecule has 4 rings (SSSR count). The molecule has 3 heterocycles. The van der Waals surface area contributed by atoms with Crippen LogP contribution in [0, 0.1) is 24.1 Å². The third-order valence-electron chi connectivity index (χ3n) is 4.58. The van der Waals surface area contributed by atoms with Crippen LogP contribution < -0.4 is 4.90 Å². The van der Waals surface area contributed by atoms with Crippen LogP contribution >= 0.6 is 0 Å². The Kier molecular flexibility index (Phi) is 4.20. The van der Waals surface area contributed by atoms with Crippen molar-refractivity contribution in [3.8, 4) is 6.07 Å². The standard InChI is InChI=1S/C19H16FN5O2/c1-12-23-17-11-22-10-16(18(17)27-12)19(26)25-4-2-24(3-5-25)15-7-13(9-21)6-14(20)8-15/h6-8,10-11H,2-5H2,1H3. The third kappa shape index (κ3) is 3.19. The molecule has 1 aromatic carbocycles. The predicted octanol–water partition coefficient (Wildman–Crippen LogP) is 2.50. The van der Waals surface area contributed by atoms with Crippen molar-refractivity contribution in [3.63, 3.8) is 0 Å². The summed E-state index contributed by atoms with van der Waals surface area (Å²) in [4.78, 5) is 24.9. The van der Waals surface area contributed by atoms with Gasteiger partial charge in [0, 0.05) is 45.0 Å². The molecule has 7 nitrogen and oxygen atoms in total. The quantitative estimate of drug-likeness (QED) is 0.694. The number of pyridine rings is 1. The van der Waals surface area contributed by atoms with Crippen molar-refractivity contribution in [3.05, 3.63) is 53.4 Å². The van der Waals surface area contributed by atoms with Gasteiger partial charge in [-0.3, -0.25) is 9.78 Å². The van der Waals surface area contributed by atoms with E-state index in [1.807, 2.05) is 11.0 Å².